The Kier molecular flexibility index (Phi) is 3.82. The number of aromatic hydroxyl groups is 3. The Bertz CT molecular complexity index is 1000. The van der Waals surface area contributed by atoms with Crippen molar-refractivity contribution in [3.8, 4) is 51.0 Å². The average molecular weight is 345 g/mol. The van der Waals surface area contributed by atoms with Crippen molar-refractivity contribution in [1.29, 1.82) is 0 Å². The Morgan fingerprint density at radius 1 is 0.654 bits per heavy atom. The summed E-state index contributed by atoms with van der Waals surface area (Å²) in [5.41, 5.74) is 2.81. The lowest BCUT2D eigenvalue weighted by molar-refractivity contribution is 0.427. The summed E-state index contributed by atoms with van der Waals surface area (Å²) in [6, 6.07) is 20.2. The molecule has 26 heavy (non-hydrogen) atoms. The molecule has 0 aliphatic rings. The molecule has 1 heterocycles. The molecule has 3 aromatic carbocycles. The highest BCUT2D eigenvalue weighted by molar-refractivity contribution is 5.92. The number of phenols is 3. The highest BCUT2D eigenvalue weighted by Crippen LogP contribution is 2.44. The van der Waals surface area contributed by atoms with Crippen molar-refractivity contribution >= 4 is 0 Å². The molecule has 3 N–H and O–H groups in total. The van der Waals surface area contributed by atoms with Gasteiger partial charge in [-0.05, 0) is 42.0 Å². The highest BCUT2D eigenvalue weighted by atomic mass is 16.5. The van der Waals surface area contributed by atoms with Crippen LogP contribution >= 0.6 is 0 Å². The van der Waals surface area contributed by atoms with Gasteiger partial charge in [-0.3, -0.25) is 0 Å². The van der Waals surface area contributed by atoms with Gasteiger partial charge >= 0.3 is 0 Å². The van der Waals surface area contributed by atoms with Crippen molar-refractivity contribution in [2.75, 3.05) is 0 Å². The lowest BCUT2D eigenvalue weighted by atomic mass is 9.95. The van der Waals surface area contributed by atoms with Gasteiger partial charge in [0.25, 0.3) is 0 Å². The third-order valence-corrected chi connectivity index (χ3v) is 4.16. The second-order valence-corrected chi connectivity index (χ2v) is 5.82. The highest BCUT2D eigenvalue weighted by Gasteiger charge is 2.23. The minimum atomic E-state index is 0.0625. The predicted molar refractivity (Wildman–Crippen MR) is 97.8 cm³/mol. The standard InChI is InChI=1S/C21H15NO4/c23-14-11-9-13(10-12-14)19-20(15-5-1-3-7-17(15)24)22-26-21(19)16-6-2-4-8-18(16)25/h1-12,23-25H. The number of para-hydroxylation sites is 2. The quantitative estimate of drug-likeness (QED) is 0.497. The molecule has 0 unspecified atom stereocenters. The second-order valence-electron chi connectivity index (χ2n) is 5.82. The molecule has 1 aromatic heterocycles. The summed E-state index contributed by atoms with van der Waals surface area (Å²) in [7, 11) is 0. The molecule has 128 valence electrons. The van der Waals surface area contributed by atoms with Crippen LogP contribution < -0.4 is 0 Å². The maximum Gasteiger partial charge on any atom is 0.179 e. The smallest absolute Gasteiger partial charge is 0.179 e. The van der Waals surface area contributed by atoms with Crippen LogP contribution in [0.15, 0.2) is 77.3 Å². The fourth-order valence-electron chi connectivity index (χ4n) is 2.89. The van der Waals surface area contributed by atoms with Gasteiger partial charge in [0.2, 0.25) is 0 Å². The predicted octanol–water partition coefficient (Wildman–Crippen LogP) is 4.79. The Morgan fingerprint density at radius 2 is 1.23 bits per heavy atom. The fraction of sp³-hybridized carbons (Fsp3) is 0. The van der Waals surface area contributed by atoms with Crippen LogP contribution in [0, 0.1) is 0 Å². The van der Waals surface area contributed by atoms with Crippen LogP contribution in [0.5, 0.6) is 17.2 Å². The summed E-state index contributed by atoms with van der Waals surface area (Å²) in [5, 5.41) is 34.2. The largest absolute Gasteiger partial charge is 0.508 e. The number of aromatic nitrogens is 1. The molecule has 4 rings (SSSR count). The summed E-state index contributed by atoms with van der Waals surface area (Å²) >= 11 is 0. The third-order valence-electron chi connectivity index (χ3n) is 4.16. The molecular formula is C21H15NO4. The van der Waals surface area contributed by atoms with Crippen LogP contribution in [0.4, 0.5) is 0 Å². The number of rotatable bonds is 3. The Morgan fingerprint density at radius 3 is 1.85 bits per heavy atom. The van der Waals surface area contributed by atoms with E-state index in [0.29, 0.717) is 28.1 Å². The van der Waals surface area contributed by atoms with Crippen LogP contribution in [0.25, 0.3) is 33.7 Å². The first kappa shape index (κ1) is 15.8. The molecular weight excluding hydrogens is 330 g/mol. The number of hydrogen-bond donors (Lipinski definition) is 3. The third kappa shape index (κ3) is 2.65. The van der Waals surface area contributed by atoms with Crippen molar-refractivity contribution in [3.05, 3.63) is 72.8 Å². The molecule has 0 aliphatic carbocycles. The number of phenolic OH excluding ortho intramolecular Hbond substituents is 3. The minimum absolute atomic E-state index is 0.0625. The van der Waals surface area contributed by atoms with Crippen LogP contribution in [-0.4, -0.2) is 20.5 Å². The van der Waals surface area contributed by atoms with Crippen LogP contribution in [0.1, 0.15) is 0 Å². The summed E-state index contributed by atoms with van der Waals surface area (Å²) in [6.07, 6.45) is 0. The van der Waals surface area contributed by atoms with Crippen molar-refractivity contribution in [2.45, 2.75) is 0 Å². The number of benzene rings is 3. The normalized spacial score (nSPS) is 10.8. The zero-order valence-corrected chi connectivity index (χ0v) is 13.6. The van der Waals surface area contributed by atoms with Crippen molar-refractivity contribution in [1.82, 2.24) is 5.16 Å². The average Bonchev–Trinajstić information content (AvgIpc) is 3.08. The molecule has 0 spiro atoms. The van der Waals surface area contributed by atoms with E-state index in [0.717, 1.165) is 5.56 Å². The SMILES string of the molecule is Oc1ccc(-c2c(-c3ccccc3O)noc2-c2ccccc2O)cc1. The lowest BCUT2D eigenvalue weighted by Crippen LogP contribution is -1.86. The number of nitrogens with zero attached hydrogens (tertiary/aromatic N) is 1. The Hall–Kier alpha value is -3.73. The summed E-state index contributed by atoms with van der Waals surface area (Å²) in [6.45, 7) is 0. The summed E-state index contributed by atoms with van der Waals surface area (Å²) in [5.74, 6) is 0.655. The maximum atomic E-state index is 10.2. The van der Waals surface area contributed by atoms with E-state index in [1.165, 1.54) is 0 Å². The molecule has 0 bridgehead atoms. The van der Waals surface area contributed by atoms with E-state index < -0.39 is 0 Å². The maximum absolute atomic E-state index is 10.2. The van der Waals surface area contributed by atoms with Gasteiger partial charge in [0.15, 0.2) is 5.76 Å². The molecule has 0 aliphatic heterocycles. The van der Waals surface area contributed by atoms with Gasteiger partial charge in [-0.2, -0.15) is 0 Å². The summed E-state index contributed by atoms with van der Waals surface area (Å²) < 4.78 is 5.57. The van der Waals surface area contributed by atoms with Crippen molar-refractivity contribution < 1.29 is 19.8 Å². The molecule has 0 saturated carbocycles. The number of hydrogen-bond acceptors (Lipinski definition) is 5. The zero-order valence-electron chi connectivity index (χ0n) is 13.6. The molecule has 0 fully saturated rings. The van der Waals surface area contributed by atoms with Gasteiger partial charge < -0.3 is 19.8 Å². The Balaban J connectivity index is 2.01. The first-order valence-electron chi connectivity index (χ1n) is 8.01. The fourth-order valence-corrected chi connectivity index (χ4v) is 2.89. The van der Waals surface area contributed by atoms with Crippen LogP contribution in [0.3, 0.4) is 0 Å². The van der Waals surface area contributed by atoms with Crippen molar-refractivity contribution in [3.63, 3.8) is 0 Å². The first-order chi connectivity index (χ1) is 12.6. The van der Waals surface area contributed by atoms with Gasteiger partial charge in [-0.25, -0.2) is 0 Å². The Labute approximate surface area is 149 Å². The van der Waals surface area contributed by atoms with E-state index in [1.807, 2.05) is 0 Å². The van der Waals surface area contributed by atoms with Gasteiger partial charge in [0.1, 0.15) is 22.9 Å². The zero-order chi connectivity index (χ0) is 18.1. The molecule has 4 aromatic rings. The van der Waals surface area contributed by atoms with Crippen LogP contribution in [-0.2, 0) is 0 Å². The minimum Gasteiger partial charge on any atom is -0.508 e. The lowest BCUT2D eigenvalue weighted by Gasteiger charge is -2.07. The monoisotopic (exact) mass is 345 g/mol. The van der Waals surface area contributed by atoms with E-state index in [2.05, 4.69) is 5.16 Å². The summed E-state index contributed by atoms with van der Waals surface area (Å²) in [4.78, 5) is 0. The van der Waals surface area contributed by atoms with E-state index in [1.54, 1.807) is 72.8 Å². The van der Waals surface area contributed by atoms with Crippen LogP contribution in [0.2, 0.25) is 0 Å². The molecule has 0 amide bonds. The van der Waals surface area contributed by atoms with E-state index in [4.69, 9.17) is 4.52 Å². The molecule has 0 saturated heterocycles. The van der Waals surface area contributed by atoms with E-state index in [-0.39, 0.29) is 17.2 Å². The van der Waals surface area contributed by atoms with Crippen molar-refractivity contribution in [2.24, 2.45) is 0 Å². The topological polar surface area (TPSA) is 86.7 Å². The van der Waals surface area contributed by atoms with E-state index >= 15 is 0 Å². The molecule has 0 atom stereocenters. The molecule has 5 heteroatoms. The van der Waals surface area contributed by atoms with Gasteiger partial charge in [-0.1, -0.05) is 41.6 Å². The molecule has 5 nitrogen and oxygen atoms in total. The molecule has 0 radical (unpaired) electrons. The van der Waals surface area contributed by atoms with Gasteiger partial charge in [0, 0.05) is 5.56 Å². The van der Waals surface area contributed by atoms with Gasteiger partial charge in [-0.15, -0.1) is 0 Å². The first-order valence-corrected chi connectivity index (χ1v) is 8.01. The van der Waals surface area contributed by atoms with E-state index in [9.17, 15) is 15.3 Å². The second kappa shape index (κ2) is 6.29. The van der Waals surface area contributed by atoms with Gasteiger partial charge in [0.05, 0.1) is 11.1 Å².